The molecule has 5 nitrogen and oxygen atoms in total. The predicted octanol–water partition coefficient (Wildman–Crippen LogP) is 1.78. The number of nitro benzene ring substituents is 1. The molecule has 0 aromatic heterocycles. The minimum Gasteiger partial charge on any atom is -0.309 e. The van der Waals surface area contributed by atoms with Crippen LogP contribution in [-0.4, -0.2) is 36.0 Å². The highest BCUT2D eigenvalue weighted by molar-refractivity contribution is 5.34. The van der Waals surface area contributed by atoms with Crippen LogP contribution < -0.4 is 5.32 Å². The summed E-state index contributed by atoms with van der Waals surface area (Å²) in [7, 11) is 2.13. The molecule has 1 saturated heterocycles. The van der Waals surface area contributed by atoms with E-state index in [2.05, 4.69) is 17.3 Å². The van der Waals surface area contributed by atoms with Crippen molar-refractivity contribution in [2.45, 2.75) is 25.4 Å². The van der Waals surface area contributed by atoms with Crippen LogP contribution in [0.3, 0.4) is 0 Å². The van der Waals surface area contributed by atoms with E-state index in [0.717, 1.165) is 18.7 Å². The summed E-state index contributed by atoms with van der Waals surface area (Å²) in [6.07, 6.45) is 2.39. The topological polar surface area (TPSA) is 58.4 Å². The normalized spacial score (nSPS) is 20.8. The van der Waals surface area contributed by atoms with Crippen LogP contribution in [0.15, 0.2) is 24.3 Å². The molecule has 98 valence electrons. The smallest absolute Gasteiger partial charge is 0.269 e. The van der Waals surface area contributed by atoms with E-state index in [0.29, 0.717) is 12.6 Å². The van der Waals surface area contributed by atoms with E-state index in [1.807, 2.05) is 6.07 Å². The number of non-ortho nitro benzene ring substituents is 1. The Morgan fingerprint density at radius 1 is 1.56 bits per heavy atom. The molecular formula is C13H19N3O2. The van der Waals surface area contributed by atoms with Crippen LogP contribution >= 0.6 is 0 Å². The van der Waals surface area contributed by atoms with Gasteiger partial charge >= 0.3 is 0 Å². The molecule has 1 fully saturated rings. The second kappa shape index (κ2) is 5.93. The van der Waals surface area contributed by atoms with Crippen LogP contribution in [0.5, 0.6) is 0 Å². The summed E-state index contributed by atoms with van der Waals surface area (Å²) in [5.74, 6) is 0. The van der Waals surface area contributed by atoms with Gasteiger partial charge in [0.1, 0.15) is 0 Å². The SMILES string of the molecule is CN1CCCC(NCc2cccc([N+](=O)[O-])c2)C1. The van der Waals surface area contributed by atoms with Gasteiger partial charge in [-0.2, -0.15) is 0 Å². The molecule has 0 amide bonds. The van der Waals surface area contributed by atoms with Crippen LogP contribution in [0.4, 0.5) is 5.69 Å². The largest absolute Gasteiger partial charge is 0.309 e. The zero-order valence-electron chi connectivity index (χ0n) is 10.6. The number of piperidine rings is 1. The molecule has 0 spiro atoms. The lowest BCUT2D eigenvalue weighted by Crippen LogP contribution is -2.43. The highest BCUT2D eigenvalue weighted by atomic mass is 16.6. The molecular weight excluding hydrogens is 230 g/mol. The van der Waals surface area contributed by atoms with Crippen molar-refractivity contribution in [1.82, 2.24) is 10.2 Å². The third kappa shape index (κ3) is 3.51. The molecule has 0 radical (unpaired) electrons. The molecule has 5 heteroatoms. The Kier molecular flexibility index (Phi) is 4.28. The number of hydrogen-bond donors (Lipinski definition) is 1. The van der Waals surface area contributed by atoms with Crippen LogP contribution in [0.25, 0.3) is 0 Å². The molecule has 1 unspecified atom stereocenters. The fourth-order valence-corrected chi connectivity index (χ4v) is 2.38. The van der Waals surface area contributed by atoms with Crippen LogP contribution in [0.1, 0.15) is 18.4 Å². The Hall–Kier alpha value is -1.46. The molecule has 1 N–H and O–H groups in total. The number of rotatable bonds is 4. The number of benzene rings is 1. The molecule has 1 aliphatic heterocycles. The highest BCUT2D eigenvalue weighted by Crippen LogP contribution is 2.14. The second-order valence-corrected chi connectivity index (χ2v) is 4.91. The number of nitrogens with one attached hydrogen (secondary N) is 1. The van der Waals surface area contributed by atoms with E-state index in [-0.39, 0.29) is 10.6 Å². The van der Waals surface area contributed by atoms with Gasteiger partial charge in [0, 0.05) is 31.3 Å². The maximum atomic E-state index is 10.7. The van der Waals surface area contributed by atoms with Gasteiger partial charge in [-0.25, -0.2) is 0 Å². The average Bonchev–Trinajstić information content (AvgIpc) is 2.37. The third-order valence-corrected chi connectivity index (χ3v) is 3.34. The highest BCUT2D eigenvalue weighted by Gasteiger charge is 2.16. The predicted molar refractivity (Wildman–Crippen MR) is 70.5 cm³/mol. The Morgan fingerprint density at radius 2 is 2.39 bits per heavy atom. The van der Waals surface area contributed by atoms with E-state index in [9.17, 15) is 10.1 Å². The molecule has 18 heavy (non-hydrogen) atoms. The zero-order valence-corrected chi connectivity index (χ0v) is 10.6. The first-order chi connectivity index (χ1) is 8.65. The number of likely N-dealkylation sites (tertiary alicyclic amines) is 1. The van der Waals surface area contributed by atoms with E-state index in [1.54, 1.807) is 12.1 Å². The fraction of sp³-hybridized carbons (Fsp3) is 0.538. The lowest BCUT2D eigenvalue weighted by molar-refractivity contribution is -0.384. The number of likely N-dealkylation sites (N-methyl/N-ethyl adjacent to an activating group) is 1. The number of nitrogens with zero attached hydrogens (tertiary/aromatic N) is 2. The van der Waals surface area contributed by atoms with Crippen molar-refractivity contribution in [2.75, 3.05) is 20.1 Å². The van der Waals surface area contributed by atoms with Crippen molar-refractivity contribution in [3.63, 3.8) is 0 Å². The van der Waals surface area contributed by atoms with Crippen molar-refractivity contribution in [3.05, 3.63) is 39.9 Å². The second-order valence-electron chi connectivity index (χ2n) is 4.91. The third-order valence-electron chi connectivity index (χ3n) is 3.34. The van der Waals surface area contributed by atoms with Crippen LogP contribution in [-0.2, 0) is 6.54 Å². The lowest BCUT2D eigenvalue weighted by atomic mass is 10.1. The molecule has 0 aliphatic carbocycles. The summed E-state index contributed by atoms with van der Waals surface area (Å²) in [4.78, 5) is 12.6. The zero-order chi connectivity index (χ0) is 13.0. The van der Waals surface area contributed by atoms with Gasteiger partial charge in [-0.3, -0.25) is 10.1 Å². The van der Waals surface area contributed by atoms with Gasteiger partial charge in [-0.05, 0) is 32.0 Å². The summed E-state index contributed by atoms with van der Waals surface area (Å²) in [6.45, 7) is 2.91. The quantitative estimate of drug-likeness (QED) is 0.652. The Balaban J connectivity index is 1.89. The molecule has 0 saturated carbocycles. The van der Waals surface area contributed by atoms with Crippen molar-refractivity contribution in [1.29, 1.82) is 0 Å². The van der Waals surface area contributed by atoms with E-state index in [1.165, 1.54) is 18.9 Å². The van der Waals surface area contributed by atoms with Gasteiger partial charge in [0.05, 0.1) is 4.92 Å². The molecule has 1 aromatic rings. The molecule has 2 rings (SSSR count). The molecule has 0 bridgehead atoms. The van der Waals surface area contributed by atoms with Gasteiger partial charge in [0.15, 0.2) is 0 Å². The maximum absolute atomic E-state index is 10.7. The average molecular weight is 249 g/mol. The Bertz CT molecular complexity index is 422. The standard InChI is InChI=1S/C13H19N3O2/c1-15-7-3-5-12(10-15)14-9-11-4-2-6-13(8-11)16(17)18/h2,4,6,8,12,14H,3,5,7,9-10H2,1H3. The Morgan fingerprint density at radius 3 is 3.11 bits per heavy atom. The van der Waals surface area contributed by atoms with Crippen molar-refractivity contribution in [3.8, 4) is 0 Å². The van der Waals surface area contributed by atoms with Crippen molar-refractivity contribution < 1.29 is 4.92 Å². The van der Waals surface area contributed by atoms with E-state index in [4.69, 9.17) is 0 Å². The van der Waals surface area contributed by atoms with Gasteiger partial charge < -0.3 is 10.2 Å². The number of nitro groups is 1. The Labute approximate surface area is 107 Å². The van der Waals surface area contributed by atoms with Gasteiger partial charge in [0.25, 0.3) is 5.69 Å². The summed E-state index contributed by atoms with van der Waals surface area (Å²) in [5, 5.41) is 14.2. The first-order valence-electron chi connectivity index (χ1n) is 6.30. The van der Waals surface area contributed by atoms with Gasteiger partial charge in [-0.15, -0.1) is 0 Å². The first-order valence-corrected chi connectivity index (χ1v) is 6.30. The molecule has 1 atom stereocenters. The molecule has 1 heterocycles. The van der Waals surface area contributed by atoms with Gasteiger partial charge in [0.2, 0.25) is 0 Å². The summed E-state index contributed by atoms with van der Waals surface area (Å²) >= 11 is 0. The summed E-state index contributed by atoms with van der Waals surface area (Å²) in [6, 6.07) is 7.31. The monoisotopic (exact) mass is 249 g/mol. The summed E-state index contributed by atoms with van der Waals surface area (Å²) in [5.41, 5.74) is 1.13. The van der Waals surface area contributed by atoms with E-state index < -0.39 is 0 Å². The van der Waals surface area contributed by atoms with Crippen molar-refractivity contribution in [2.24, 2.45) is 0 Å². The van der Waals surface area contributed by atoms with E-state index >= 15 is 0 Å². The fourth-order valence-electron chi connectivity index (χ4n) is 2.38. The van der Waals surface area contributed by atoms with Crippen LogP contribution in [0, 0.1) is 10.1 Å². The maximum Gasteiger partial charge on any atom is 0.269 e. The van der Waals surface area contributed by atoms with Gasteiger partial charge in [-0.1, -0.05) is 12.1 Å². The lowest BCUT2D eigenvalue weighted by Gasteiger charge is -2.30. The minimum atomic E-state index is -0.349. The first kappa shape index (κ1) is 13.0. The van der Waals surface area contributed by atoms with Crippen LogP contribution in [0.2, 0.25) is 0 Å². The number of hydrogen-bond acceptors (Lipinski definition) is 4. The summed E-state index contributed by atoms with van der Waals surface area (Å²) < 4.78 is 0. The van der Waals surface area contributed by atoms with Crippen molar-refractivity contribution >= 4 is 5.69 Å². The molecule has 1 aromatic carbocycles. The molecule has 1 aliphatic rings. The minimum absolute atomic E-state index is 0.162.